The molecule has 0 saturated heterocycles. The first-order chi connectivity index (χ1) is 8.67. The van der Waals surface area contributed by atoms with Crippen LogP contribution in [0.5, 0.6) is 17.2 Å². The summed E-state index contributed by atoms with van der Waals surface area (Å²) in [7, 11) is 3.17. The van der Waals surface area contributed by atoms with E-state index >= 15 is 0 Å². The molecule has 0 fully saturated rings. The standard InChI is InChI=1S/C14H14O4/c1-9(15)18-13-8-7-11(16-2)10-5-4-6-12(17-3)14(10)13/h4-8H,1-3H3. The molecule has 0 spiro atoms. The van der Waals surface area contributed by atoms with Crippen LogP contribution in [0.15, 0.2) is 30.3 Å². The molecule has 0 aliphatic rings. The summed E-state index contributed by atoms with van der Waals surface area (Å²) in [5.41, 5.74) is 0. The van der Waals surface area contributed by atoms with Gasteiger partial charge in [0.15, 0.2) is 0 Å². The molecule has 0 saturated carbocycles. The second-order valence-corrected chi connectivity index (χ2v) is 3.74. The Morgan fingerprint density at radius 2 is 1.61 bits per heavy atom. The van der Waals surface area contributed by atoms with Gasteiger partial charge < -0.3 is 14.2 Å². The minimum absolute atomic E-state index is 0.368. The summed E-state index contributed by atoms with van der Waals surface area (Å²) in [6.45, 7) is 1.37. The quantitative estimate of drug-likeness (QED) is 0.617. The van der Waals surface area contributed by atoms with Crippen molar-refractivity contribution in [2.45, 2.75) is 6.92 Å². The van der Waals surface area contributed by atoms with Crippen molar-refractivity contribution >= 4 is 16.7 Å². The minimum atomic E-state index is -0.368. The number of ether oxygens (including phenoxy) is 3. The van der Waals surface area contributed by atoms with Crippen LogP contribution in [-0.4, -0.2) is 20.2 Å². The Morgan fingerprint density at radius 3 is 2.22 bits per heavy atom. The minimum Gasteiger partial charge on any atom is -0.496 e. The Morgan fingerprint density at radius 1 is 0.944 bits per heavy atom. The van der Waals surface area contributed by atoms with Crippen molar-refractivity contribution in [1.29, 1.82) is 0 Å². The van der Waals surface area contributed by atoms with E-state index in [1.807, 2.05) is 18.2 Å². The summed E-state index contributed by atoms with van der Waals surface area (Å²) >= 11 is 0. The highest BCUT2D eigenvalue weighted by Gasteiger charge is 2.13. The summed E-state index contributed by atoms with van der Waals surface area (Å²) in [6, 6.07) is 9.03. The molecular formula is C14H14O4. The Bertz CT molecular complexity index is 590. The van der Waals surface area contributed by atoms with Crippen LogP contribution in [0.4, 0.5) is 0 Å². The SMILES string of the molecule is COc1ccc(OC(C)=O)c2c(OC)cccc12. The van der Waals surface area contributed by atoms with E-state index in [2.05, 4.69) is 0 Å². The lowest BCUT2D eigenvalue weighted by atomic mass is 10.1. The molecule has 0 radical (unpaired) electrons. The maximum Gasteiger partial charge on any atom is 0.308 e. The number of hydrogen-bond donors (Lipinski definition) is 0. The Hall–Kier alpha value is -2.23. The zero-order valence-electron chi connectivity index (χ0n) is 10.5. The second-order valence-electron chi connectivity index (χ2n) is 3.74. The molecule has 0 unspecified atom stereocenters. The van der Waals surface area contributed by atoms with Crippen molar-refractivity contribution in [3.63, 3.8) is 0 Å². The predicted molar refractivity (Wildman–Crippen MR) is 68.4 cm³/mol. The van der Waals surface area contributed by atoms with Crippen molar-refractivity contribution in [2.24, 2.45) is 0 Å². The fourth-order valence-corrected chi connectivity index (χ4v) is 1.90. The van der Waals surface area contributed by atoms with Crippen molar-refractivity contribution in [2.75, 3.05) is 14.2 Å². The van der Waals surface area contributed by atoms with Gasteiger partial charge in [-0.05, 0) is 18.2 Å². The lowest BCUT2D eigenvalue weighted by Crippen LogP contribution is -2.02. The first-order valence-electron chi connectivity index (χ1n) is 5.49. The van der Waals surface area contributed by atoms with Gasteiger partial charge in [0.2, 0.25) is 0 Å². The maximum atomic E-state index is 11.1. The average Bonchev–Trinajstić information content (AvgIpc) is 2.37. The third kappa shape index (κ3) is 2.09. The Kier molecular flexibility index (Phi) is 3.37. The van der Waals surface area contributed by atoms with Gasteiger partial charge >= 0.3 is 5.97 Å². The van der Waals surface area contributed by atoms with Crippen LogP contribution in [0, 0.1) is 0 Å². The predicted octanol–water partition coefficient (Wildman–Crippen LogP) is 2.78. The van der Waals surface area contributed by atoms with Gasteiger partial charge in [0, 0.05) is 12.3 Å². The zero-order valence-corrected chi connectivity index (χ0v) is 10.5. The van der Waals surface area contributed by atoms with Crippen LogP contribution in [0.2, 0.25) is 0 Å². The molecule has 0 aliphatic heterocycles. The van der Waals surface area contributed by atoms with E-state index in [1.165, 1.54) is 6.92 Å². The van der Waals surface area contributed by atoms with E-state index in [0.29, 0.717) is 17.2 Å². The third-order valence-electron chi connectivity index (χ3n) is 2.62. The highest BCUT2D eigenvalue weighted by Crippen LogP contribution is 2.39. The molecule has 0 atom stereocenters. The van der Waals surface area contributed by atoms with Crippen LogP contribution in [-0.2, 0) is 4.79 Å². The monoisotopic (exact) mass is 246 g/mol. The summed E-state index contributed by atoms with van der Waals surface area (Å²) in [5.74, 6) is 1.45. The van der Waals surface area contributed by atoms with Crippen LogP contribution < -0.4 is 14.2 Å². The van der Waals surface area contributed by atoms with E-state index in [9.17, 15) is 4.79 Å². The molecule has 0 heterocycles. The first-order valence-corrected chi connectivity index (χ1v) is 5.49. The lowest BCUT2D eigenvalue weighted by Gasteiger charge is -2.12. The van der Waals surface area contributed by atoms with Crippen molar-refractivity contribution < 1.29 is 19.0 Å². The maximum absolute atomic E-state index is 11.1. The molecule has 0 aliphatic carbocycles. The van der Waals surface area contributed by atoms with Crippen LogP contribution in [0.1, 0.15) is 6.92 Å². The van der Waals surface area contributed by atoms with Gasteiger partial charge in [-0.1, -0.05) is 12.1 Å². The van der Waals surface area contributed by atoms with Crippen LogP contribution in [0.25, 0.3) is 10.8 Å². The van der Waals surface area contributed by atoms with E-state index < -0.39 is 0 Å². The number of rotatable bonds is 3. The number of benzene rings is 2. The summed E-state index contributed by atoms with van der Waals surface area (Å²) < 4.78 is 15.8. The van der Waals surface area contributed by atoms with Crippen molar-refractivity contribution in [3.05, 3.63) is 30.3 Å². The van der Waals surface area contributed by atoms with Gasteiger partial charge in [-0.3, -0.25) is 4.79 Å². The van der Waals surface area contributed by atoms with Crippen molar-refractivity contribution in [1.82, 2.24) is 0 Å². The molecule has 94 valence electrons. The highest BCUT2D eigenvalue weighted by atomic mass is 16.5. The molecule has 2 aromatic carbocycles. The molecule has 0 N–H and O–H groups in total. The van der Waals surface area contributed by atoms with Gasteiger partial charge in [0.25, 0.3) is 0 Å². The number of hydrogen-bond acceptors (Lipinski definition) is 4. The molecule has 4 nitrogen and oxygen atoms in total. The fraction of sp³-hybridized carbons (Fsp3) is 0.214. The summed E-state index contributed by atoms with van der Waals surface area (Å²) in [6.07, 6.45) is 0. The molecular weight excluding hydrogens is 232 g/mol. The molecule has 0 bridgehead atoms. The lowest BCUT2D eigenvalue weighted by molar-refractivity contribution is -0.131. The number of fused-ring (bicyclic) bond motifs is 1. The molecule has 2 rings (SSSR count). The zero-order chi connectivity index (χ0) is 13.1. The molecule has 18 heavy (non-hydrogen) atoms. The average molecular weight is 246 g/mol. The van der Waals surface area contributed by atoms with E-state index in [-0.39, 0.29) is 5.97 Å². The summed E-state index contributed by atoms with van der Waals surface area (Å²) in [5, 5.41) is 1.57. The summed E-state index contributed by atoms with van der Waals surface area (Å²) in [4.78, 5) is 11.1. The molecule has 0 amide bonds. The molecule has 4 heteroatoms. The smallest absolute Gasteiger partial charge is 0.308 e. The normalized spacial score (nSPS) is 10.2. The van der Waals surface area contributed by atoms with Gasteiger partial charge in [0.1, 0.15) is 17.2 Å². The number of carbonyl (C=O) groups is 1. The number of methoxy groups -OCH3 is 2. The number of esters is 1. The fourth-order valence-electron chi connectivity index (χ4n) is 1.90. The van der Waals surface area contributed by atoms with Gasteiger partial charge in [-0.15, -0.1) is 0 Å². The van der Waals surface area contributed by atoms with Crippen molar-refractivity contribution in [3.8, 4) is 17.2 Å². The molecule has 2 aromatic rings. The van der Waals surface area contributed by atoms with Crippen LogP contribution >= 0.6 is 0 Å². The topological polar surface area (TPSA) is 44.8 Å². The van der Waals surface area contributed by atoms with E-state index in [4.69, 9.17) is 14.2 Å². The van der Waals surface area contributed by atoms with E-state index in [0.717, 1.165) is 10.8 Å². The molecule has 0 aromatic heterocycles. The Balaban J connectivity index is 2.75. The van der Waals surface area contributed by atoms with Gasteiger partial charge in [-0.25, -0.2) is 0 Å². The van der Waals surface area contributed by atoms with Gasteiger partial charge in [-0.2, -0.15) is 0 Å². The largest absolute Gasteiger partial charge is 0.496 e. The third-order valence-corrected chi connectivity index (χ3v) is 2.62. The van der Waals surface area contributed by atoms with Gasteiger partial charge in [0.05, 0.1) is 19.6 Å². The van der Waals surface area contributed by atoms with Crippen LogP contribution in [0.3, 0.4) is 0 Å². The highest BCUT2D eigenvalue weighted by molar-refractivity contribution is 5.99. The van der Waals surface area contributed by atoms with E-state index in [1.54, 1.807) is 26.4 Å². The first kappa shape index (κ1) is 12.2. The second kappa shape index (κ2) is 4.96. The Labute approximate surface area is 105 Å². The number of carbonyl (C=O) groups excluding carboxylic acids is 1.